The second-order valence-corrected chi connectivity index (χ2v) is 7.61. The molecule has 2 N–H and O–H groups in total. The molecule has 0 aliphatic carbocycles. The van der Waals surface area contributed by atoms with Crippen molar-refractivity contribution in [2.45, 2.75) is 59.9 Å². The molecule has 1 aliphatic rings. The van der Waals surface area contributed by atoms with Crippen LogP contribution in [0.3, 0.4) is 0 Å². The van der Waals surface area contributed by atoms with Crippen molar-refractivity contribution in [1.82, 2.24) is 20.4 Å². The number of carbonyl (C=O) groups excluding carboxylic acids is 1. The first-order chi connectivity index (χ1) is 11.9. The summed E-state index contributed by atoms with van der Waals surface area (Å²) in [4.78, 5) is 21.2. The number of unbranched alkanes of at least 4 members (excludes halogenated alkanes) is 1. The summed E-state index contributed by atoms with van der Waals surface area (Å²) in [5, 5.41) is 6.37. The van der Waals surface area contributed by atoms with Gasteiger partial charge in [0.05, 0.1) is 6.54 Å². The maximum Gasteiger partial charge on any atom is 0.234 e. The van der Waals surface area contributed by atoms with Crippen LogP contribution in [0.5, 0.6) is 0 Å². The van der Waals surface area contributed by atoms with Gasteiger partial charge in [-0.15, -0.1) is 0 Å². The zero-order valence-corrected chi connectivity index (χ0v) is 17.0. The van der Waals surface area contributed by atoms with Crippen LogP contribution in [0.1, 0.15) is 53.9 Å². The number of amides is 1. The van der Waals surface area contributed by atoms with Crippen LogP contribution in [0.25, 0.3) is 0 Å². The number of piperazine rings is 1. The van der Waals surface area contributed by atoms with Gasteiger partial charge in [0, 0.05) is 45.3 Å². The molecule has 146 valence electrons. The first kappa shape index (κ1) is 21.7. The molecule has 1 amide bonds. The number of hydrogen-bond acceptors (Lipinski definition) is 3. The van der Waals surface area contributed by atoms with E-state index in [1.54, 1.807) is 0 Å². The highest BCUT2D eigenvalue weighted by Crippen LogP contribution is 2.07. The molecule has 0 aromatic heterocycles. The van der Waals surface area contributed by atoms with E-state index >= 15 is 0 Å². The van der Waals surface area contributed by atoms with E-state index in [4.69, 9.17) is 4.99 Å². The Bertz CT molecular complexity index is 401. The molecule has 1 rings (SSSR count). The minimum absolute atomic E-state index is 0.120. The average molecular weight is 354 g/mol. The lowest BCUT2D eigenvalue weighted by Crippen LogP contribution is -2.54. The van der Waals surface area contributed by atoms with E-state index in [-0.39, 0.29) is 11.9 Å². The average Bonchev–Trinajstić information content (AvgIpc) is 2.53. The maximum absolute atomic E-state index is 11.9. The number of nitrogens with one attached hydrogen (secondary N) is 2. The van der Waals surface area contributed by atoms with Crippen LogP contribution < -0.4 is 10.6 Å². The largest absolute Gasteiger partial charge is 0.357 e. The lowest BCUT2D eigenvalue weighted by Gasteiger charge is -2.36. The molecule has 0 spiro atoms. The third-order valence-electron chi connectivity index (χ3n) is 4.27. The highest BCUT2D eigenvalue weighted by Gasteiger charge is 2.21. The number of carbonyl (C=O) groups is 1. The Kier molecular flexibility index (Phi) is 10.5. The third kappa shape index (κ3) is 9.68. The van der Waals surface area contributed by atoms with E-state index in [9.17, 15) is 4.79 Å². The van der Waals surface area contributed by atoms with Crippen LogP contribution in [-0.2, 0) is 4.79 Å². The summed E-state index contributed by atoms with van der Waals surface area (Å²) in [7, 11) is 0. The van der Waals surface area contributed by atoms with E-state index in [1.807, 2.05) is 13.8 Å². The van der Waals surface area contributed by atoms with Gasteiger partial charge in [-0.2, -0.15) is 0 Å². The van der Waals surface area contributed by atoms with Gasteiger partial charge in [0.2, 0.25) is 5.91 Å². The van der Waals surface area contributed by atoms with E-state index in [2.05, 4.69) is 41.2 Å². The predicted molar refractivity (Wildman–Crippen MR) is 106 cm³/mol. The molecule has 1 fully saturated rings. The highest BCUT2D eigenvalue weighted by molar-refractivity contribution is 5.80. The number of nitrogens with zero attached hydrogens (tertiary/aromatic N) is 3. The first-order valence-electron chi connectivity index (χ1n) is 9.97. The van der Waals surface area contributed by atoms with Crippen molar-refractivity contribution >= 4 is 11.9 Å². The molecule has 1 heterocycles. The Morgan fingerprint density at radius 1 is 1.08 bits per heavy atom. The predicted octanol–water partition coefficient (Wildman–Crippen LogP) is 1.92. The summed E-state index contributed by atoms with van der Waals surface area (Å²) >= 11 is 0. The Balaban J connectivity index is 2.38. The molecule has 0 radical (unpaired) electrons. The number of hydrogen-bond donors (Lipinski definition) is 2. The maximum atomic E-state index is 11.9. The van der Waals surface area contributed by atoms with E-state index in [0.717, 1.165) is 57.6 Å². The summed E-state index contributed by atoms with van der Waals surface area (Å²) in [6.45, 7) is 16.6. The van der Waals surface area contributed by atoms with Gasteiger partial charge in [-0.05, 0) is 33.1 Å². The number of guanidine groups is 1. The van der Waals surface area contributed by atoms with Crippen LogP contribution in [0.2, 0.25) is 0 Å². The molecule has 0 atom stereocenters. The van der Waals surface area contributed by atoms with Crippen LogP contribution >= 0.6 is 0 Å². The molecular formula is C19H39N5O. The monoisotopic (exact) mass is 353 g/mol. The summed E-state index contributed by atoms with van der Waals surface area (Å²) in [5.41, 5.74) is 0. The van der Waals surface area contributed by atoms with Crippen molar-refractivity contribution in [3.63, 3.8) is 0 Å². The summed E-state index contributed by atoms with van der Waals surface area (Å²) in [6, 6.07) is 0.206. The number of rotatable bonds is 9. The summed E-state index contributed by atoms with van der Waals surface area (Å²) < 4.78 is 0. The lowest BCUT2D eigenvalue weighted by molar-refractivity contribution is -0.123. The molecule has 25 heavy (non-hydrogen) atoms. The van der Waals surface area contributed by atoms with Gasteiger partial charge in [-0.25, -0.2) is 0 Å². The normalized spacial score (nSPS) is 16.6. The Morgan fingerprint density at radius 3 is 2.32 bits per heavy atom. The van der Waals surface area contributed by atoms with E-state index in [0.29, 0.717) is 6.54 Å². The van der Waals surface area contributed by atoms with Crippen molar-refractivity contribution in [3.05, 3.63) is 0 Å². The first-order valence-corrected chi connectivity index (χ1v) is 9.97. The van der Waals surface area contributed by atoms with Crippen LogP contribution in [0, 0.1) is 5.92 Å². The van der Waals surface area contributed by atoms with Crippen LogP contribution in [-0.4, -0.2) is 73.5 Å². The third-order valence-corrected chi connectivity index (χ3v) is 4.27. The molecule has 6 nitrogen and oxygen atoms in total. The van der Waals surface area contributed by atoms with Crippen molar-refractivity contribution < 1.29 is 4.79 Å². The fourth-order valence-electron chi connectivity index (χ4n) is 2.96. The number of aliphatic imine (C=N–C) groups is 1. The zero-order valence-electron chi connectivity index (χ0n) is 17.0. The van der Waals surface area contributed by atoms with Crippen molar-refractivity contribution in [3.8, 4) is 0 Å². The van der Waals surface area contributed by atoms with Gasteiger partial charge in [0.15, 0.2) is 5.96 Å². The molecular weight excluding hydrogens is 314 g/mol. The Labute approximate surface area is 154 Å². The molecule has 1 saturated heterocycles. The molecule has 0 aromatic rings. The summed E-state index contributed by atoms with van der Waals surface area (Å²) in [5.74, 6) is 1.92. The Hall–Kier alpha value is -1.30. The van der Waals surface area contributed by atoms with E-state index in [1.165, 1.54) is 12.8 Å². The van der Waals surface area contributed by atoms with Crippen molar-refractivity contribution in [2.24, 2.45) is 10.9 Å². The van der Waals surface area contributed by atoms with Gasteiger partial charge in [-0.3, -0.25) is 14.7 Å². The molecule has 6 heteroatoms. The summed E-state index contributed by atoms with van der Waals surface area (Å²) in [6.07, 6.45) is 3.69. The van der Waals surface area contributed by atoms with Crippen LogP contribution in [0.4, 0.5) is 0 Å². The van der Waals surface area contributed by atoms with Gasteiger partial charge >= 0.3 is 0 Å². The Morgan fingerprint density at radius 2 is 1.76 bits per heavy atom. The van der Waals surface area contributed by atoms with Gasteiger partial charge in [0.1, 0.15) is 0 Å². The van der Waals surface area contributed by atoms with Gasteiger partial charge in [0.25, 0.3) is 0 Å². The van der Waals surface area contributed by atoms with Crippen LogP contribution in [0.15, 0.2) is 4.99 Å². The smallest absolute Gasteiger partial charge is 0.234 e. The van der Waals surface area contributed by atoms with Crippen molar-refractivity contribution in [1.29, 1.82) is 0 Å². The minimum atomic E-state index is 0.120. The lowest BCUT2D eigenvalue weighted by atomic mass is 10.1. The molecule has 1 aliphatic heterocycles. The SMILES string of the molecule is CCNC(=NCCCCC(C)C)N1CCN(CC(=O)NC(C)C)CC1. The van der Waals surface area contributed by atoms with Crippen molar-refractivity contribution in [2.75, 3.05) is 45.8 Å². The van der Waals surface area contributed by atoms with Gasteiger partial charge < -0.3 is 15.5 Å². The quantitative estimate of drug-likeness (QED) is 0.378. The minimum Gasteiger partial charge on any atom is -0.357 e. The second kappa shape index (κ2) is 12.1. The van der Waals surface area contributed by atoms with E-state index < -0.39 is 0 Å². The fraction of sp³-hybridized carbons (Fsp3) is 0.895. The molecule has 0 bridgehead atoms. The second-order valence-electron chi connectivity index (χ2n) is 7.61. The topological polar surface area (TPSA) is 60.0 Å². The zero-order chi connectivity index (χ0) is 18.7. The highest BCUT2D eigenvalue weighted by atomic mass is 16.2. The fourth-order valence-corrected chi connectivity index (χ4v) is 2.96. The molecule has 0 saturated carbocycles. The van der Waals surface area contributed by atoms with Gasteiger partial charge in [-0.1, -0.05) is 26.7 Å². The molecule has 0 unspecified atom stereocenters. The standard InChI is InChI=1S/C19H39N5O/c1-6-20-19(21-10-8-7-9-16(2)3)24-13-11-23(12-14-24)15-18(25)22-17(4)5/h16-17H,6-15H2,1-5H3,(H,20,21)(H,22,25). The molecule has 0 aromatic carbocycles.